The highest BCUT2D eigenvalue weighted by Gasteiger charge is 1.95. The molecule has 14 heavy (non-hydrogen) atoms. The molecule has 1 N–H and O–H groups in total. The molecular weight excluding hydrogens is 198 g/mol. The number of hydrogen-bond donors (Lipinski definition) is 1. The average Bonchev–Trinajstić information content (AvgIpc) is 2.17. The topological polar surface area (TPSA) is 44.0 Å². The summed E-state index contributed by atoms with van der Waals surface area (Å²) in [6.07, 6.45) is 4.28. The van der Waals surface area contributed by atoms with Gasteiger partial charge in [0.1, 0.15) is 0 Å². The Hall–Kier alpha value is -1.30. The van der Waals surface area contributed by atoms with Crippen molar-refractivity contribution in [2.45, 2.75) is 6.42 Å². The van der Waals surface area contributed by atoms with Crippen molar-refractivity contribution in [2.75, 3.05) is 6.61 Å². The van der Waals surface area contributed by atoms with Crippen molar-refractivity contribution >= 4 is 17.7 Å². The zero-order chi connectivity index (χ0) is 10.4. The first-order valence-corrected chi connectivity index (χ1v) is 4.62. The number of aliphatic hydroxyl groups is 1. The Morgan fingerprint density at radius 1 is 1.43 bits per heavy atom. The molecule has 0 amide bonds. The summed E-state index contributed by atoms with van der Waals surface area (Å²) >= 11 is 5.81. The van der Waals surface area contributed by atoms with Crippen LogP contribution in [0.25, 0.3) is 6.08 Å². The Morgan fingerprint density at radius 3 is 2.86 bits per heavy atom. The zero-order valence-corrected chi connectivity index (χ0v) is 8.33. The first kappa shape index (κ1) is 10.8. The molecule has 1 rings (SSSR count). The molecule has 0 saturated heterocycles. The molecule has 0 radical (unpaired) electrons. The summed E-state index contributed by atoms with van der Waals surface area (Å²) in [5.41, 5.74) is 1.42. The summed E-state index contributed by atoms with van der Waals surface area (Å²) < 4.78 is 0. The van der Waals surface area contributed by atoms with Crippen LogP contribution >= 0.6 is 11.6 Å². The quantitative estimate of drug-likeness (QED) is 0.828. The fraction of sp³-hybridized carbons (Fsp3) is 0.182. The number of halogens is 1. The maximum atomic E-state index is 8.69. The van der Waals surface area contributed by atoms with Gasteiger partial charge in [-0.05, 0) is 30.2 Å². The van der Waals surface area contributed by atoms with E-state index >= 15 is 0 Å². The highest BCUT2D eigenvalue weighted by atomic mass is 35.5. The fourth-order valence-electron chi connectivity index (χ4n) is 1.07. The fourth-order valence-corrected chi connectivity index (χ4v) is 1.31. The number of nitriles is 1. The van der Waals surface area contributed by atoms with E-state index in [2.05, 4.69) is 0 Å². The SMILES string of the molecule is N#Cc1cc(Cl)cc(C=CCCO)c1. The Bertz CT molecular complexity index is 379. The molecule has 1 aromatic rings. The molecule has 0 atom stereocenters. The molecule has 0 saturated carbocycles. The third kappa shape index (κ3) is 3.21. The predicted octanol–water partition coefficient (Wildman–Crippen LogP) is 2.61. The first-order valence-electron chi connectivity index (χ1n) is 4.24. The largest absolute Gasteiger partial charge is 0.396 e. The van der Waals surface area contributed by atoms with Crippen LogP contribution in [-0.2, 0) is 0 Å². The lowest BCUT2D eigenvalue weighted by atomic mass is 10.1. The van der Waals surface area contributed by atoms with Crippen LogP contribution in [0.5, 0.6) is 0 Å². The Kier molecular flexibility index (Phi) is 4.18. The van der Waals surface area contributed by atoms with Crippen molar-refractivity contribution in [3.63, 3.8) is 0 Å². The van der Waals surface area contributed by atoms with E-state index in [1.807, 2.05) is 18.2 Å². The predicted molar refractivity (Wildman–Crippen MR) is 56.9 cm³/mol. The molecule has 3 heteroatoms. The van der Waals surface area contributed by atoms with Gasteiger partial charge in [-0.2, -0.15) is 5.26 Å². The second-order valence-electron chi connectivity index (χ2n) is 2.80. The number of rotatable bonds is 3. The third-order valence-electron chi connectivity index (χ3n) is 1.66. The van der Waals surface area contributed by atoms with Crippen LogP contribution in [0.2, 0.25) is 5.02 Å². The first-order chi connectivity index (χ1) is 6.76. The van der Waals surface area contributed by atoms with Gasteiger partial charge in [-0.1, -0.05) is 23.8 Å². The number of hydrogen-bond acceptors (Lipinski definition) is 2. The van der Waals surface area contributed by atoms with E-state index in [0.29, 0.717) is 17.0 Å². The van der Waals surface area contributed by atoms with Crippen LogP contribution in [0.3, 0.4) is 0 Å². The molecule has 72 valence electrons. The van der Waals surface area contributed by atoms with Gasteiger partial charge in [0.15, 0.2) is 0 Å². The second kappa shape index (κ2) is 5.43. The lowest BCUT2D eigenvalue weighted by molar-refractivity contribution is 0.303. The minimum atomic E-state index is 0.127. The van der Waals surface area contributed by atoms with E-state index in [9.17, 15) is 0 Å². The summed E-state index contributed by atoms with van der Waals surface area (Å²) in [5.74, 6) is 0. The van der Waals surface area contributed by atoms with E-state index in [0.717, 1.165) is 5.56 Å². The van der Waals surface area contributed by atoms with Crippen molar-refractivity contribution in [2.24, 2.45) is 0 Å². The van der Waals surface area contributed by atoms with Gasteiger partial charge in [-0.3, -0.25) is 0 Å². The van der Waals surface area contributed by atoms with Crippen molar-refractivity contribution in [1.82, 2.24) is 0 Å². The monoisotopic (exact) mass is 207 g/mol. The van der Waals surface area contributed by atoms with E-state index in [1.54, 1.807) is 18.2 Å². The Balaban J connectivity index is 2.88. The summed E-state index contributed by atoms with van der Waals surface area (Å²) in [5, 5.41) is 17.8. The maximum Gasteiger partial charge on any atom is 0.0992 e. The van der Waals surface area contributed by atoms with Crippen LogP contribution in [0.15, 0.2) is 24.3 Å². The number of benzene rings is 1. The maximum absolute atomic E-state index is 8.69. The Morgan fingerprint density at radius 2 is 2.21 bits per heavy atom. The van der Waals surface area contributed by atoms with Crippen LogP contribution in [0.1, 0.15) is 17.5 Å². The molecule has 0 aliphatic carbocycles. The van der Waals surface area contributed by atoms with Gasteiger partial charge >= 0.3 is 0 Å². The molecule has 2 nitrogen and oxygen atoms in total. The molecule has 0 aliphatic heterocycles. The van der Waals surface area contributed by atoms with Gasteiger partial charge in [-0.15, -0.1) is 0 Å². The lowest BCUT2D eigenvalue weighted by Gasteiger charge is -1.96. The minimum absolute atomic E-state index is 0.127. The van der Waals surface area contributed by atoms with Gasteiger partial charge in [0.05, 0.1) is 11.6 Å². The van der Waals surface area contributed by atoms with Gasteiger partial charge in [-0.25, -0.2) is 0 Å². The normalized spacial score (nSPS) is 10.4. The molecule has 0 heterocycles. The minimum Gasteiger partial charge on any atom is -0.396 e. The summed E-state index contributed by atoms with van der Waals surface area (Å²) in [6, 6.07) is 7.17. The van der Waals surface area contributed by atoms with Crippen molar-refractivity contribution in [1.29, 1.82) is 5.26 Å². The van der Waals surface area contributed by atoms with E-state index < -0.39 is 0 Å². The van der Waals surface area contributed by atoms with E-state index in [1.165, 1.54) is 0 Å². The number of aliphatic hydroxyl groups excluding tert-OH is 1. The van der Waals surface area contributed by atoms with Crippen LogP contribution in [-0.4, -0.2) is 11.7 Å². The molecule has 0 fully saturated rings. The Labute approximate surface area is 88.1 Å². The summed E-state index contributed by atoms with van der Waals surface area (Å²) in [6.45, 7) is 0.127. The molecule has 0 unspecified atom stereocenters. The smallest absolute Gasteiger partial charge is 0.0992 e. The van der Waals surface area contributed by atoms with Crippen molar-refractivity contribution in [3.8, 4) is 6.07 Å². The molecule has 0 bridgehead atoms. The van der Waals surface area contributed by atoms with Crippen molar-refractivity contribution in [3.05, 3.63) is 40.4 Å². The second-order valence-corrected chi connectivity index (χ2v) is 3.24. The van der Waals surface area contributed by atoms with E-state index in [-0.39, 0.29) is 6.61 Å². The van der Waals surface area contributed by atoms with Crippen LogP contribution in [0, 0.1) is 11.3 Å². The van der Waals surface area contributed by atoms with Gasteiger partial charge < -0.3 is 5.11 Å². The lowest BCUT2D eigenvalue weighted by Crippen LogP contribution is -1.79. The van der Waals surface area contributed by atoms with E-state index in [4.69, 9.17) is 22.0 Å². The van der Waals surface area contributed by atoms with Crippen LogP contribution in [0.4, 0.5) is 0 Å². The summed E-state index contributed by atoms with van der Waals surface area (Å²) in [7, 11) is 0. The van der Waals surface area contributed by atoms with Gasteiger partial charge in [0.2, 0.25) is 0 Å². The molecular formula is C11H10ClNO. The molecule has 0 spiro atoms. The average molecular weight is 208 g/mol. The standard InChI is InChI=1S/C11H10ClNO/c12-11-6-9(3-1-2-4-14)5-10(7-11)8-13/h1,3,5-7,14H,2,4H2. The molecule has 0 aromatic heterocycles. The highest BCUT2D eigenvalue weighted by molar-refractivity contribution is 6.30. The molecule has 1 aromatic carbocycles. The zero-order valence-electron chi connectivity index (χ0n) is 7.57. The summed E-state index contributed by atoms with van der Waals surface area (Å²) in [4.78, 5) is 0. The third-order valence-corrected chi connectivity index (χ3v) is 1.87. The van der Waals surface area contributed by atoms with Crippen LogP contribution < -0.4 is 0 Å². The highest BCUT2D eigenvalue weighted by Crippen LogP contribution is 2.15. The van der Waals surface area contributed by atoms with Gasteiger partial charge in [0.25, 0.3) is 0 Å². The number of nitrogens with zero attached hydrogens (tertiary/aromatic N) is 1. The molecule has 0 aliphatic rings. The van der Waals surface area contributed by atoms with Gasteiger partial charge in [0, 0.05) is 11.6 Å². The van der Waals surface area contributed by atoms with Crippen molar-refractivity contribution < 1.29 is 5.11 Å².